The van der Waals surface area contributed by atoms with Gasteiger partial charge in [0, 0.05) is 18.8 Å². The highest BCUT2D eigenvalue weighted by Gasteiger charge is 1.84. The molecule has 0 unspecified atom stereocenters. The van der Waals surface area contributed by atoms with Gasteiger partial charge >= 0.3 is 0 Å². The molecule has 0 saturated heterocycles. The second-order valence-electron chi connectivity index (χ2n) is 2.66. The topological polar surface area (TPSA) is 24.1 Å². The summed E-state index contributed by atoms with van der Waals surface area (Å²) in [6.07, 6.45) is 6.14. The van der Waals surface area contributed by atoms with Gasteiger partial charge in [0.15, 0.2) is 0 Å². The molecule has 0 saturated carbocycles. The Labute approximate surface area is 96.9 Å². The lowest BCUT2D eigenvalue weighted by Gasteiger charge is -2.05. The zero-order valence-corrected chi connectivity index (χ0v) is 10.4. The largest absolute Gasteiger partial charge is 0.387 e. The number of rotatable bonds is 6. The predicted octanol–water partition coefficient (Wildman–Crippen LogP) is 3.33. The monoisotopic (exact) mass is 214 g/mol. The van der Waals surface area contributed by atoms with Crippen molar-refractivity contribution in [2.75, 3.05) is 19.6 Å². The highest BCUT2D eigenvalue weighted by atomic mass is 14.9. The lowest BCUT2D eigenvalue weighted by atomic mass is 10.4. The standard InChI is InChI=1S/C10H20N2.C2H6.CH4/c1-4-6-7-10(3)12-9-8-11-5-2;1-2;/h4,6-7,11-12H,5,8-9H2,1-3H3;1-2H3;1H4/b6-4-,10-7+;;. The molecule has 0 radical (unpaired) electrons. The molecule has 0 rings (SSSR count). The van der Waals surface area contributed by atoms with Gasteiger partial charge in [-0.1, -0.05) is 40.3 Å². The smallest absolute Gasteiger partial charge is 0.0269 e. The van der Waals surface area contributed by atoms with Gasteiger partial charge in [-0.15, -0.1) is 0 Å². The van der Waals surface area contributed by atoms with Crippen molar-refractivity contribution in [2.45, 2.75) is 42.0 Å². The van der Waals surface area contributed by atoms with E-state index in [0.29, 0.717) is 0 Å². The summed E-state index contributed by atoms with van der Waals surface area (Å²) in [7, 11) is 0. The molecule has 2 nitrogen and oxygen atoms in total. The van der Waals surface area contributed by atoms with Crippen molar-refractivity contribution in [3.8, 4) is 0 Å². The van der Waals surface area contributed by atoms with Crippen LogP contribution in [0.4, 0.5) is 0 Å². The fourth-order valence-corrected chi connectivity index (χ4v) is 0.824. The molecule has 0 aromatic carbocycles. The Balaban J connectivity index is -0.000000449. The van der Waals surface area contributed by atoms with Gasteiger partial charge in [-0.25, -0.2) is 0 Å². The summed E-state index contributed by atoms with van der Waals surface area (Å²) in [5.41, 5.74) is 1.21. The Morgan fingerprint density at radius 2 is 1.80 bits per heavy atom. The average molecular weight is 214 g/mol. The molecule has 2 N–H and O–H groups in total. The second kappa shape index (κ2) is 18.9. The molecule has 0 aromatic rings. The number of hydrogen-bond acceptors (Lipinski definition) is 2. The molecular weight excluding hydrogens is 184 g/mol. The first-order chi connectivity index (χ1) is 6.81. The van der Waals surface area contributed by atoms with Crippen LogP contribution in [0.5, 0.6) is 0 Å². The molecule has 15 heavy (non-hydrogen) atoms. The normalized spacial score (nSPS) is 10.3. The third kappa shape index (κ3) is 19.6. The summed E-state index contributed by atoms with van der Waals surface area (Å²) in [6, 6.07) is 0. The van der Waals surface area contributed by atoms with E-state index in [2.05, 4.69) is 30.6 Å². The minimum Gasteiger partial charge on any atom is -0.387 e. The summed E-state index contributed by atoms with van der Waals surface area (Å²) in [5, 5.41) is 6.55. The number of hydrogen-bond donors (Lipinski definition) is 2. The summed E-state index contributed by atoms with van der Waals surface area (Å²) < 4.78 is 0. The van der Waals surface area contributed by atoms with Crippen LogP contribution in [-0.4, -0.2) is 19.6 Å². The van der Waals surface area contributed by atoms with Crippen molar-refractivity contribution in [2.24, 2.45) is 0 Å². The van der Waals surface area contributed by atoms with Gasteiger partial charge < -0.3 is 10.6 Å². The Bertz CT molecular complexity index is 149. The van der Waals surface area contributed by atoms with E-state index in [0.717, 1.165) is 19.6 Å². The van der Waals surface area contributed by atoms with Crippen LogP contribution in [0.3, 0.4) is 0 Å². The number of allylic oxidation sites excluding steroid dienone is 4. The van der Waals surface area contributed by atoms with E-state index in [-0.39, 0.29) is 7.43 Å². The number of likely N-dealkylation sites (N-methyl/N-ethyl adjacent to an activating group) is 1. The zero-order valence-electron chi connectivity index (χ0n) is 10.4. The van der Waals surface area contributed by atoms with E-state index in [1.807, 2.05) is 32.9 Å². The lowest BCUT2D eigenvalue weighted by molar-refractivity contribution is 0.672. The van der Waals surface area contributed by atoms with Crippen LogP contribution < -0.4 is 10.6 Å². The van der Waals surface area contributed by atoms with Crippen LogP contribution in [0.25, 0.3) is 0 Å². The fraction of sp³-hybridized carbons (Fsp3) is 0.692. The van der Waals surface area contributed by atoms with Crippen LogP contribution in [-0.2, 0) is 0 Å². The van der Waals surface area contributed by atoms with Gasteiger partial charge in [-0.05, 0) is 26.5 Å². The molecule has 0 aliphatic carbocycles. The molecule has 0 heterocycles. The van der Waals surface area contributed by atoms with Gasteiger partial charge in [-0.3, -0.25) is 0 Å². The fourth-order valence-electron chi connectivity index (χ4n) is 0.824. The molecule has 2 heteroatoms. The SMILES string of the molecule is C.C/C=C\C=C(/C)NCCNCC.CC. The van der Waals surface area contributed by atoms with Gasteiger partial charge in [0.2, 0.25) is 0 Å². The number of nitrogens with one attached hydrogen (secondary N) is 2. The van der Waals surface area contributed by atoms with E-state index >= 15 is 0 Å². The third-order valence-electron chi connectivity index (χ3n) is 1.49. The van der Waals surface area contributed by atoms with E-state index in [4.69, 9.17) is 0 Å². The van der Waals surface area contributed by atoms with E-state index < -0.39 is 0 Å². The molecule has 0 bridgehead atoms. The molecule has 0 fully saturated rings. The minimum absolute atomic E-state index is 0. The van der Waals surface area contributed by atoms with E-state index in [1.165, 1.54) is 5.70 Å². The van der Waals surface area contributed by atoms with Crippen molar-refractivity contribution in [1.29, 1.82) is 0 Å². The molecular formula is C13H30N2. The van der Waals surface area contributed by atoms with Crippen molar-refractivity contribution < 1.29 is 0 Å². The summed E-state index contributed by atoms with van der Waals surface area (Å²) in [6.45, 7) is 13.3. The first-order valence-corrected chi connectivity index (χ1v) is 5.55. The molecule has 0 aromatic heterocycles. The maximum atomic E-state index is 3.30. The lowest BCUT2D eigenvalue weighted by Crippen LogP contribution is -2.25. The van der Waals surface area contributed by atoms with Crippen molar-refractivity contribution in [1.82, 2.24) is 10.6 Å². The highest BCUT2D eigenvalue weighted by molar-refractivity contribution is 5.08. The van der Waals surface area contributed by atoms with Crippen LogP contribution >= 0.6 is 0 Å². The van der Waals surface area contributed by atoms with Gasteiger partial charge in [0.1, 0.15) is 0 Å². The molecule has 0 aliphatic rings. The molecule has 92 valence electrons. The van der Waals surface area contributed by atoms with E-state index in [1.54, 1.807) is 0 Å². The summed E-state index contributed by atoms with van der Waals surface area (Å²) >= 11 is 0. The minimum atomic E-state index is 0. The quantitative estimate of drug-likeness (QED) is 0.523. The predicted molar refractivity (Wildman–Crippen MR) is 73.2 cm³/mol. The van der Waals surface area contributed by atoms with Crippen LogP contribution in [0.15, 0.2) is 23.9 Å². The van der Waals surface area contributed by atoms with Crippen LogP contribution in [0.1, 0.15) is 42.0 Å². The second-order valence-corrected chi connectivity index (χ2v) is 2.66. The Kier molecular flexibility index (Phi) is 24.9. The van der Waals surface area contributed by atoms with Crippen molar-refractivity contribution >= 4 is 0 Å². The molecule has 0 spiro atoms. The zero-order chi connectivity index (χ0) is 11.2. The molecule has 0 amide bonds. The van der Waals surface area contributed by atoms with Crippen LogP contribution in [0.2, 0.25) is 0 Å². The maximum Gasteiger partial charge on any atom is 0.0269 e. The van der Waals surface area contributed by atoms with Crippen LogP contribution in [0, 0.1) is 0 Å². The maximum absolute atomic E-state index is 3.30. The Morgan fingerprint density at radius 3 is 2.27 bits per heavy atom. The first kappa shape index (κ1) is 19.8. The van der Waals surface area contributed by atoms with Gasteiger partial charge in [0.05, 0.1) is 0 Å². The Morgan fingerprint density at radius 1 is 1.20 bits per heavy atom. The third-order valence-corrected chi connectivity index (χ3v) is 1.49. The van der Waals surface area contributed by atoms with Crippen molar-refractivity contribution in [3.05, 3.63) is 23.9 Å². The Hall–Kier alpha value is -0.760. The summed E-state index contributed by atoms with van der Waals surface area (Å²) in [5.74, 6) is 0. The first-order valence-electron chi connectivity index (χ1n) is 5.55. The molecule has 0 atom stereocenters. The highest BCUT2D eigenvalue weighted by Crippen LogP contribution is 1.85. The van der Waals surface area contributed by atoms with Gasteiger partial charge in [0.25, 0.3) is 0 Å². The van der Waals surface area contributed by atoms with E-state index in [9.17, 15) is 0 Å². The van der Waals surface area contributed by atoms with Gasteiger partial charge in [-0.2, -0.15) is 0 Å². The van der Waals surface area contributed by atoms with Crippen molar-refractivity contribution in [3.63, 3.8) is 0 Å². The average Bonchev–Trinajstić information content (AvgIpc) is 2.24. The molecule has 0 aliphatic heterocycles. The summed E-state index contributed by atoms with van der Waals surface area (Å²) in [4.78, 5) is 0.